The minimum absolute atomic E-state index is 0.220. The van der Waals surface area contributed by atoms with E-state index < -0.39 is 0 Å². The molecule has 0 unspecified atom stereocenters. The zero-order chi connectivity index (χ0) is 32.8. The lowest BCUT2D eigenvalue weighted by Crippen LogP contribution is -2.02. The van der Waals surface area contributed by atoms with E-state index in [0.717, 1.165) is 16.8 Å². The second-order valence-corrected chi connectivity index (χ2v) is 14.9. The quantitative estimate of drug-likeness (QED) is 0.160. The van der Waals surface area contributed by atoms with Gasteiger partial charge in [-0.3, -0.25) is 0 Å². The Morgan fingerprint density at radius 3 is 2.19 bits per heavy atom. The first-order chi connectivity index (χ1) is 23.4. The maximum Gasteiger partial charge on any atom is 0.123 e. The topological polar surface area (TPSA) is 12.0 Å². The molecule has 0 amide bonds. The van der Waals surface area contributed by atoms with Gasteiger partial charge >= 0.3 is 0 Å². The molecule has 1 nitrogen and oxygen atoms in total. The molecule has 1 heterocycles. The van der Waals surface area contributed by atoms with Gasteiger partial charge in [0, 0.05) is 36.0 Å². The lowest BCUT2D eigenvalue weighted by Gasteiger charge is -2.18. The van der Waals surface area contributed by atoms with Crippen molar-refractivity contribution in [2.75, 3.05) is 5.32 Å². The van der Waals surface area contributed by atoms with Crippen molar-refractivity contribution in [3.05, 3.63) is 160 Å². The molecule has 1 N–H and O–H groups in total. The van der Waals surface area contributed by atoms with Gasteiger partial charge in [0.2, 0.25) is 0 Å². The highest BCUT2D eigenvalue weighted by Crippen LogP contribution is 2.46. The Balaban J connectivity index is 1.27. The van der Waals surface area contributed by atoms with E-state index >= 15 is 0 Å². The van der Waals surface area contributed by atoms with Crippen LogP contribution in [0.2, 0.25) is 0 Å². The summed E-state index contributed by atoms with van der Waals surface area (Å²) in [6, 6.07) is 48.8. The number of halogens is 2. The van der Waals surface area contributed by atoms with Crippen LogP contribution < -0.4 is 5.32 Å². The first-order valence-corrected chi connectivity index (χ1v) is 18.2. The molecule has 48 heavy (non-hydrogen) atoms. The maximum absolute atomic E-state index is 13.8. The zero-order valence-electron chi connectivity index (χ0n) is 26.7. The smallest absolute Gasteiger partial charge is 0.123 e. The van der Waals surface area contributed by atoms with Crippen molar-refractivity contribution < 1.29 is 4.39 Å². The number of fused-ring (bicyclic) bond motifs is 4. The first kappa shape index (κ1) is 30.8. The van der Waals surface area contributed by atoms with Gasteiger partial charge in [-0.05, 0) is 138 Å². The largest absolute Gasteiger partial charge is 0.380 e. The molecule has 4 heteroatoms. The average molecular weight is 754 g/mol. The summed E-state index contributed by atoms with van der Waals surface area (Å²) >= 11 is 4.26. The number of nitrogens with one attached hydrogen (secondary N) is 1. The molecule has 0 aliphatic rings. The molecular formula is C44H33FINS. The second kappa shape index (κ2) is 12.8. The van der Waals surface area contributed by atoms with Crippen molar-refractivity contribution in [1.29, 1.82) is 0 Å². The zero-order valence-corrected chi connectivity index (χ0v) is 29.7. The van der Waals surface area contributed by atoms with Crippen LogP contribution in [0.1, 0.15) is 30.9 Å². The molecular weight excluding hydrogens is 720 g/mol. The third-order valence-electron chi connectivity index (χ3n) is 9.25. The minimum atomic E-state index is -0.220. The van der Waals surface area contributed by atoms with E-state index in [-0.39, 0.29) is 5.82 Å². The predicted octanol–water partition coefficient (Wildman–Crippen LogP) is 13.7. The van der Waals surface area contributed by atoms with Crippen LogP contribution in [0.4, 0.5) is 10.1 Å². The number of anilines is 1. The van der Waals surface area contributed by atoms with Gasteiger partial charge in [0.05, 0.1) is 0 Å². The fourth-order valence-electron chi connectivity index (χ4n) is 6.85. The van der Waals surface area contributed by atoms with E-state index in [1.165, 1.54) is 80.0 Å². The van der Waals surface area contributed by atoms with Crippen molar-refractivity contribution in [1.82, 2.24) is 0 Å². The number of rotatable bonds is 7. The van der Waals surface area contributed by atoms with E-state index in [1.807, 2.05) is 23.5 Å². The Labute approximate surface area is 298 Å². The Bertz CT molecular complexity index is 2460. The van der Waals surface area contributed by atoms with Crippen LogP contribution in [0.3, 0.4) is 0 Å². The number of thiophene rings is 1. The van der Waals surface area contributed by atoms with Crippen molar-refractivity contribution in [3.8, 4) is 33.4 Å². The van der Waals surface area contributed by atoms with Gasteiger partial charge in [0.25, 0.3) is 0 Å². The fraction of sp³-hybridized carbons (Fsp3) is 0.0909. The van der Waals surface area contributed by atoms with E-state index in [4.69, 9.17) is 0 Å². The highest BCUT2D eigenvalue weighted by molar-refractivity contribution is 14.1. The lowest BCUT2D eigenvalue weighted by atomic mass is 9.88. The van der Waals surface area contributed by atoms with Crippen LogP contribution >= 0.6 is 33.9 Å². The van der Waals surface area contributed by atoms with Gasteiger partial charge in [-0.15, -0.1) is 11.3 Å². The van der Waals surface area contributed by atoms with E-state index in [0.29, 0.717) is 12.5 Å². The SMILES string of the molecule is CC(C)c1ccc(-c2ccc(F)cc2)cc1-c1ccc(NCc2cc3ccccc3cc2-c2cccc(I)c2)c2c1sc1ccccc12. The molecule has 0 bridgehead atoms. The van der Waals surface area contributed by atoms with Gasteiger partial charge in [0.1, 0.15) is 5.82 Å². The summed E-state index contributed by atoms with van der Waals surface area (Å²) in [6.07, 6.45) is 0. The number of hydrogen-bond donors (Lipinski definition) is 1. The molecule has 8 rings (SSSR count). The summed E-state index contributed by atoms with van der Waals surface area (Å²) in [5, 5.41) is 8.91. The number of benzene rings is 7. The van der Waals surface area contributed by atoms with Crippen molar-refractivity contribution in [3.63, 3.8) is 0 Å². The van der Waals surface area contributed by atoms with E-state index in [9.17, 15) is 4.39 Å². The molecule has 7 aromatic carbocycles. The van der Waals surface area contributed by atoms with Gasteiger partial charge in [-0.1, -0.05) is 98.8 Å². The van der Waals surface area contributed by atoms with E-state index in [2.05, 4.69) is 157 Å². The molecule has 0 aliphatic heterocycles. The predicted molar refractivity (Wildman–Crippen MR) is 214 cm³/mol. The van der Waals surface area contributed by atoms with E-state index in [1.54, 1.807) is 0 Å². The minimum Gasteiger partial charge on any atom is -0.380 e. The van der Waals surface area contributed by atoms with Gasteiger partial charge < -0.3 is 5.32 Å². The second-order valence-electron chi connectivity index (χ2n) is 12.6. The Kier molecular flexibility index (Phi) is 8.23. The maximum atomic E-state index is 13.8. The molecule has 0 fully saturated rings. The molecule has 234 valence electrons. The molecule has 8 aromatic rings. The molecule has 0 saturated carbocycles. The molecule has 0 aliphatic carbocycles. The monoisotopic (exact) mass is 753 g/mol. The third kappa shape index (κ3) is 5.78. The van der Waals surface area contributed by atoms with Crippen molar-refractivity contribution >= 4 is 70.6 Å². The Morgan fingerprint density at radius 1 is 0.646 bits per heavy atom. The van der Waals surface area contributed by atoms with Crippen LogP contribution in [-0.2, 0) is 6.54 Å². The first-order valence-electron chi connectivity index (χ1n) is 16.3. The number of hydrogen-bond acceptors (Lipinski definition) is 2. The van der Waals surface area contributed by atoms with Crippen molar-refractivity contribution in [2.24, 2.45) is 0 Å². The van der Waals surface area contributed by atoms with Crippen LogP contribution in [0.5, 0.6) is 0 Å². The summed E-state index contributed by atoms with van der Waals surface area (Å²) in [5.41, 5.74) is 10.7. The molecule has 0 saturated heterocycles. The standard InChI is InChI=1S/C44H33FINS/c1-27(2)36-19-16-31(28-14-17-34(45)18-15-28)25-40(36)37-20-21-41(43-38-12-5-6-13-42(38)48-44(37)43)47-26-33-22-29-8-3-4-9-30(29)24-39(33)32-10-7-11-35(46)23-32/h3-25,27,47H,26H2,1-2H3. The summed E-state index contributed by atoms with van der Waals surface area (Å²) in [4.78, 5) is 0. The lowest BCUT2D eigenvalue weighted by molar-refractivity contribution is 0.628. The van der Waals surface area contributed by atoms with Gasteiger partial charge in [0.15, 0.2) is 0 Å². The normalized spacial score (nSPS) is 11.6. The third-order valence-corrected chi connectivity index (χ3v) is 11.1. The average Bonchev–Trinajstić information content (AvgIpc) is 3.50. The summed E-state index contributed by atoms with van der Waals surface area (Å²) < 4.78 is 17.6. The molecule has 0 atom stereocenters. The van der Waals surface area contributed by atoms with Crippen LogP contribution in [0.15, 0.2) is 140 Å². The van der Waals surface area contributed by atoms with Crippen LogP contribution in [-0.4, -0.2) is 0 Å². The van der Waals surface area contributed by atoms with Crippen LogP contribution in [0.25, 0.3) is 64.3 Å². The Morgan fingerprint density at radius 2 is 1.40 bits per heavy atom. The fourth-order valence-corrected chi connectivity index (χ4v) is 8.65. The highest BCUT2D eigenvalue weighted by Gasteiger charge is 2.19. The van der Waals surface area contributed by atoms with Gasteiger partial charge in [-0.2, -0.15) is 0 Å². The summed E-state index contributed by atoms with van der Waals surface area (Å²) in [5.74, 6) is 0.124. The Hall–Kier alpha value is -4.52. The molecule has 1 aromatic heterocycles. The molecule has 0 spiro atoms. The van der Waals surface area contributed by atoms with Crippen molar-refractivity contribution in [2.45, 2.75) is 26.3 Å². The molecule has 0 radical (unpaired) electrons. The van der Waals surface area contributed by atoms with Crippen LogP contribution in [0, 0.1) is 9.39 Å². The summed E-state index contributed by atoms with van der Waals surface area (Å²) in [7, 11) is 0. The summed E-state index contributed by atoms with van der Waals surface area (Å²) in [6.45, 7) is 5.20. The van der Waals surface area contributed by atoms with Gasteiger partial charge in [-0.25, -0.2) is 4.39 Å². The highest BCUT2D eigenvalue weighted by atomic mass is 127.